The Balaban J connectivity index is 2.90. The van der Waals surface area contributed by atoms with E-state index in [0.717, 1.165) is 9.99 Å². The fourth-order valence-corrected chi connectivity index (χ4v) is 1.45. The molecule has 0 aliphatic carbocycles. The SMILES string of the molecule is CCCOc1cc(C(=O)O)ccc1I. The molecule has 0 atom stereocenters. The van der Waals surface area contributed by atoms with Gasteiger partial charge in [-0.2, -0.15) is 0 Å². The smallest absolute Gasteiger partial charge is 0.335 e. The predicted octanol–water partition coefficient (Wildman–Crippen LogP) is 2.78. The van der Waals surface area contributed by atoms with Gasteiger partial charge in [0.2, 0.25) is 0 Å². The number of hydrogen-bond acceptors (Lipinski definition) is 2. The number of rotatable bonds is 4. The minimum Gasteiger partial charge on any atom is -0.492 e. The quantitative estimate of drug-likeness (QED) is 0.870. The second-order valence-electron chi connectivity index (χ2n) is 2.80. The van der Waals surface area contributed by atoms with Gasteiger partial charge in [-0.3, -0.25) is 0 Å². The van der Waals surface area contributed by atoms with Crippen molar-refractivity contribution in [2.45, 2.75) is 13.3 Å². The summed E-state index contributed by atoms with van der Waals surface area (Å²) in [5.74, 6) is -0.282. The Kier molecular flexibility index (Phi) is 4.19. The molecule has 0 fully saturated rings. The molecule has 76 valence electrons. The van der Waals surface area contributed by atoms with E-state index in [9.17, 15) is 4.79 Å². The number of hydrogen-bond donors (Lipinski definition) is 1. The van der Waals surface area contributed by atoms with E-state index in [1.165, 1.54) is 0 Å². The molecule has 0 bridgehead atoms. The molecule has 4 heteroatoms. The summed E-state index contributed by atoms with van der Waals surface area (Å²) in [6.07, 6.45) is 0.910. The third kappa shape index (κ3) is 2.87. The number of benzene rings is 1. The van der Waals surface area contributed by atoms with Gasteiger partial charge in [-0.05, 0) is 47.2 Å². The van der Waals surface area contributed by atoms with Crippen LogP contribution in [0.3, 0.4) is 0 Å². The van der Waals surface area contributed by atoms with E-state index < -0.39 is 5.97 Å². The third-order valence-corrected chi connectivity index (χ3v) is 2.53. The standard InChI is InChI=1S/C10H11IO3/c1-2-5-14-9-6-7(10(12)13)3-4-8(9)11/h3-4,6H,2,5H2,1H3,(H,12,13). The molecule has 0 spiro atoms. The van der Waals surface area contributed by atoms with Crippen LogP contribution in [-0.2, 0) is 0 Å². The van der Waals surface area contributed by atoms with E-state index in [2.05, 4.69) is 22.6 Å². The van der Waals surface area contributed by atoms with Crippen molar-refractivity contribution < 1.29 is 14.6 Å². The summed E-state index contributed by atoms with van der Waals surface area (Å²) in [7, 11) is 0. The molecule has 0 aliphatic heterocycles. The van der Waals surface area contributed by atoms with Gasteiger partial charge >= 0.3 is 5.97 Å². The molecule has 1 aromatic carbocycles. The Morgan fingerprint density at radius 2 is 2.29 bits per heavy atom. The zero-order valence-electron chi connectivity index (χ0n) is 7.79. The molecule has 1 N–H and O–H groups in total. The number of aromatic carboxylic acids is 1. The monoisotopic (exact) mass is 306 g/mol. The van der Waals surface area contributed by atoms with Crippen LogP contribution < -0.4 is 4.74 Å². The second kappa shape index (κ2) is 5.19. The molecule has 0 aliphatic rings. The number of carboxylic acid groups (broad SMARTS) is 1. The van der Waals surface area contributed by atoms with Gasteiger partial charge in [-0.15, -0.1) is 0 Å². The predicted molar refractivity (Wildman–Crippen MR) is 61.9 cm³/mol. The first kappa shape index (κ1) is 11.3. The van der Waals surface area contributed by atoms with Crippen LogP contribution in [0.25, 0.3) is 0 Å². The third-order valence-electron chi connectivity index (χ3n) is 1.64. The van der Waals surface area contributed by atoms with E-state index in [-0.39, 0.29) is 5.56 Å². The molecule has 0 saturated heterocycles. The maximum absolute atomic E-state index is 10.7. The molecule has 0 unspecified atom stereocenters. The number of ether oxygens (including phenoxy) is 1. The summed E-state index contributed by atoms with van der Waals surface area (Å²) in [4.78, 5) is 10.7. The Labute approximate surface area is 96.2 Å². The molecule has 1 rings (SSSR count). The van der Waals surface area contributed by atoms with Gasteiger partial charge in [0.1, 0.15) is 5.75 Å². The molecule has 0 radical (unpaired) electrons. The van der Waals surface area contributed by atoms with Crippen LogP contribution in [0, 0.1) is 3.57 Å². The lowest BCUT2D eigenvalue weighted by atomic mass is 10.2. The van der Waals surface area contributed by atoms with Crippen molar-refractivity contribution in [1.82, 2.24) is 0 Å². The van der Waals surface area contributed by atoms with Gasteiger partial charge in [0.05, 0.1) is 15.7 Å². The summed E-state index contributed by atoms with van der Waals surface area (Å²) in [5.41, 5.74) is 0.261. The van der Waals surface area contributed by atoms with Gasteiger partial charge in [0, 0.05) is 0 Å². The van der Waals surface area contributed by atoms with Crippen LogP contribution in [0.15, 0.2) is 18.2 Å². The minimum atomic E-state index is -0.928. The highest BCUT2D eigenvalue weighted by atomic mass is 127. The average molecular weight is 306 g/mol. The lowest BCUT2D eigenvalue weighted by molar-refractivity contribution is 0.0696. The minimum absolute atomic E-state index is 0.261. The van der Waals surface area contributed by atoms with E-state index >= 15 is 0 Å². The van der Waals surface area contributed by atoms with Gasteiger partial charge in [-0.1, -0.05) is 6.92 Å². The largest absolute Gasteiger partial charge is 0.492 e. The van der Waals surface area contributed by atoms with Crippen molar-refractivity contribution in [3.8, 4) is 5.75 Å². The first-order valence-corrected chi connectivity index (χ1v) is 5.38. The first-order valence-electron chi connectivity index (χ1n) is 4.30. The topological polar surface area (TPSA) is 46.5 Å². The summed E-state index contributed by atoms with van der Waals surface area (Å²) < 4.78 is 6.34. The van der Waals surface area contributed by atoms with Crippen LogP contribution in [0.4, 0.5) is 0 Å². The van der Waals surface area contributed by atoms with Crippen LogP contribution in [0.5, 0.6) is 5.75 Å². The summed E-state index contributed by atoms with van der Waals surface area (Å²) in [6.45, 7) is 2.62. The van der Waals surface area contributed by atoms with E-state index in [1.54, 1.807) is 18.2 Å². The van der Waals surface area contributed by atoms with E-state index in [0.29, 0.717) is 12.4 Å². The Morgan fingerprint density at radius 1 is 1.57 bits per heavy atom. The molecule has 0 saturated carbocycles. The highest BCUT2D eigenvalue weighted by Gasteiger charge is 2.07. The van der Waals surface area contributed by atoms with Crippen LogP contribution in [0.1, 0.15) is 23.7 Å². The lowest BCUT2D eigenvalue weighted by Crippen LogP contribution is -2.01. The Hall–Kier alpha value is -0.780. The lowest BCUT2D eigenvalue weighted by Gasteiger charge is -2.07. The summed E-state index contributed by atoms with van der Waals surface area (Å²) in [6, 6.07) is 4.87. The van der Waals surface area contributed by atoms with Crippen molar-refractivity contribution in [1.29, 1.82) is 0 Å². The number of carbonyl (C=O) groups is 1. The van der Waals surface area contributed by atoms with Crippen molar-refractivity contribution in [2.24, 2.45) is 0 Å². The maximum atomic E-state index is 10.7. The molecule has 14 heavy (non-hydrogen) atoms. The van der Waals surface area contributed by atoms with Gasteiger partial charge in [-0.25, -0.2) is 4.79 Å². The fourth-order valence-electron chi connectivity index (χ4n) is 0.959. The van der Waals surface area contributed by atoms with Gasteiger partial charge in [0.25, 0.3) is 0 Å². The van der Waals surface area contributed by atoms with Crippen LogP contribution >= 0.6 is 22.6 Å². The summed E-state index contributed by atoms with van der Waals surface area (Å²) >= 11 is 2.12. The fraction of sp³-hybridized carbons (Fsp3) is 0.300. The summed E-state index contributed by atoms with van der Waals surface area (Å²) in [5, 5.41) is 8.77. The van der Waals surface area contributed by atoms with Crippen molar-refractivity contribution in [3.63, 3.8) is 0 Å². The number of carboxylic acids is 1. The molecule has 1 aromatic rings. The van der Waals surface area contributed by atoms with Crippen molar-refractivity contribution >= 4 is 28.6 Å². The Bertz CT molecular complexity index is 336. The highest BCUT2D eigenvalue weighted by molar-refractivity contribution is 14.1. The highest BCUT2D eigenvalue weighted by Crippen LogP contribution is 2.22. The molecular formula is C10H11IO3. The van der Waals surface area contributed by atoms with E-state index in [1.807, 2.05) is 6.92 Å². The molecule has 0 aromatic heterocycles. The average Bonchev–Trinajstić information content (AvgIpc) is 2.16. The maximum Gasteiger partial charge on any atom is 0.335 e. The van der Waals surface area contributed by atoms with Crippen LogP contribution in [0.2, 0.25) is 0 Å². The normalized spacial score (nSPS) is 9.86. The van der Waals surface area contributed by atoms with E-state index in [4.69, 9.17) is 9.84 Å². The van der Waals surface area contributed by atoms with Crippen LogP contribution in [-0.4, -0.2) is 17.7 Å². The first-order chi connectivity index (χ1) is 6.65. The molecular weight excluding hydrogens is 295 g/mol. The molecule has 0 heterocycles. The van der Waals surface area contributed by atoms with Gasteiger partial charge < -0.3 is 9.84 Å². The zero-order valence-corrected chi connectivity index (χ0v) is 9.95. The van der Waals surface area contributed by atoms with Crippen molar-refractivity contribution in [3.05, 3.63) is 27.3 Å². The Morgan fingerprint density at radius 3 is 2.86 bits per heavy atom. The molecule has 3 nitrogen and oxygen atoms in total. The zero-order chi connectivity index (χ0) is 10.6. The number of halogens is 1. The second-order valence-corrected chi connectivity index (χ2v) is 3.96. The molecule has 0 amide bonds. The van der Waals surface area contributed by atoms with Crippen molar-refractivity contribution in [2.75, 3.05) is 6.61 Å². The van der Waals surface area contributed by atoms with Gasteiger partial charge in [0.15, 0.2) is 0 Å².